The van der Waals surface area contributed by atoms with E-state index in [1.807, 2.05) is 0 Å². The Morgan fingerprint density at radius 2 is 1.82 bits per heavy atom. The molecule has 1 saturated carbocycles. The van der Waals surface area contributed by atoms with Gasteiger partial charge in [0.05, 0.1) is 0 Å². The van der Waals surface area contributed by atoms with Gasteiger partial charge in [0.1, 0.15) is 0 Å². The van der Waals surface area contributed by atoms with Crippen molar-refractivity contribution in [1.29, 1.82) is 0 Å². The average molecular weight is 237 g/mol. The highest BCUT2D eigenvalue weighted by atomic mass is 16.2. The lowest BCUT2D eigenvalue weighted by Crippen LogP contribution is -2.48. The number of piperidine rings is 1. The third-order valence-corrected chi connectivity index (χ3v) is 4.90. The third kappa shape index (κ3) is 2.08. The molecule has 0 bridgehead atoms. The molecule has 1 spiro atoms. The molecule has 1 N–H and O–H groups in total. The number of nitrogens with zero attached hydrogens (tertiary/aromatic N) is 2. The Kier molecular flexibility index (Phi) is 2.87. The van der Waals surface area contributed by atoms with E-state index in [0.29, 0.717) is 17.2 Å². The minimum absolute atomic E-state index is 0.355. The summed E-state index contributed by atoms with van der Waals surface area (Å²) >= 11 is 0. The topological polar surface area (TPSA) is 35.6 Å². The zero-order chi connectivity index (χ0) is 11.9. The minimum Gasteiger partial charge on any atom is -0.340 e. The maximum Gasteiger partial charge on any atom is 0.226 e. The van der Waals surface area contributed by atoms with Gasteiger partial charge in [-0.15, -0.1) is 0 Å². The molecule has 96 valence electrons. The van der Waals surface area contributed by atoms with Crippen molar-refractivity contribution in [3.8, 4) is 0 Å². The van der Waals surface area contributed by atoms with Crippen LogP contribution in [0.4, 0.5) is 0 Å². The molecule has 2 heterocycles. The summed E-state index contributed by atoms with van der Waals surface area (Å²) in [6.45, 7) is 6.14. The van der Waals surface area contributed by atoms with Crippen LogP contribution in [0.1, 0.15) is 19.3 Å². The molecule has 0 aromatic carbocycles. The Balaban J connectivity index is 1.57. The van der Waals surface area contributed by atoms with Gasteiger partial charge in [-0.1, -0.05) is 0 Å². The van der Waals surface area contributed by atoms with E-state index < -0.39 is 0 Å². The van der Waals surface area contributed by atoms with Crippen LogP contribution in [0, 0.1) is 11.3 Å². The first kappa shape index (κ1) is 11.5. The van der Waals surface area contributed by atoms with Crippen molar-refractivity contribution < 1.29 is 4.79 Å². The molecular weight excluding hydrogens is 214 g/mol. The fraction of sp³-hybridized carbons (Fsp3) is 0.923. The molecule has 4 nitrogen and oxygen atoms in total. The molecule has 0 aromatic rings. The molecule has 2 aliphatic heterocycles. The van der Waals surface area contributed by atoms with Crippen molar-refractivity contribution in [3.05, 3.63) is 0 Å². The van der Waals surface area contributed by atoms with Gasteiger partial charge in [0.25, 0.3) is 0 Å². The van der Waals surface area contributed by atoms with Crippen LogP contribution >= 0.6 is 0 Å². The van der Waals surface area contributed by atoms with Crippen LogP contribution in [0.2, 0.25) is 0 Å². The maximum absolute atomic E-state index is 12.4. The smallest absolute Gasteiger partial charge is 0.226 e. The number of likely N-dealkylation sites (N-methyl/N-ethyl adjacent to an activating group) is 1. The zero-order valence-electron chi connectivity index (χ0n) is 10.7. The molecule has 0 radical (unpaired) electrons. The second kappa shape index (κ2) is 4.25. The standard InChI is InChI=1S/C13H23N3O/c1-15-6-8-16(9-7-15)12(17)11-10-13(11)2-4-14-5-3-13/h11,14H,2-10H2,1H3. The number of hydrogen-bond acceptors (Lipinski definition) is 3. The highest BCUT2D eigenvalue weighted by molar-refractivity contribution is 5.82. The molecule has 1 amide bonds. The van der Waals surface area contributed by atoms with Gasteiger partial charge in [0, 0.05) is 32.1 Å². The molecule has 2 saturated heterocycles. The fourth-order valence-electron chi connectivity index (χ4n) is 3.42. The van der Waals surface area contributed by atoms with E-state index in [0.717, 1.165) is 45.7 Å². The van der Waals surface area contributed by atoms with Crippen LogP contribution in [0.3, 0.4) is 0 Å². The van der Waals surface area contributed by atoms with Crippen molar-refractivity contribution >= 4 is 5.91 Å². The van der Waals surface area contributed by atoms with Gasteiger partial charge in [-0.3, -0.25) is 4.79 Å². The van der Waals surface area contributed by atoms with Gasteiger partial charge in [-0.2, -0.15) is 0 Å². The monoisotopic (exact) mass is 237 g/mol. The van der Waals surface area contributed by atoms with Gasteiger partial charge in [-0.05, 0) is 44.8 Å². The maximum atomic E-state index is 12.4. The summed E-state index contributed by atoms with van der Waals surface area (Å²) in [5.74, 6) is 0.799. The predicted octanol–water partition coefficient (Wildman–Crippen LogP) is 0.150. The number of hydrogen-bond donors (Lipinski definition) is 1. The van der Waals surface area contributed by atoms with Crippen molar-refractivity contribution in [2.45, 2.75) is 19.3 Å². The average Bonchev–Trinajstić information content (AvgIpc) is 3.04. The highest BCUT2D eigenvalue weighted by Crippen LogP contribution is 2.59. The Labute approximate surface area is 103 Å². The highest BCUT2D eigenvalue weighted by Gasteiger charge is 2.58. The van der Waals surface area contributed by atoms with Crippen LogP contribution < -0.4 is 5.32 Å². The summed E-state index contributed by atoms with van der Waals surface area (Å²) in [6, 6.07) is 0. The zero-order valence-corrected chi connectivity index (χ0v) is 10.7. The first-order valence-electron chi connectivity index (χ1n) is 6.89. The third-order valence-electron chi connectivity index (χ3n) is 4.90. The summed E-state index contributed by atoms with van der Waals surface area (Å²) in [5.41, 5.74) is 0.395. The second-order valence-corrected chi connectivity index (χ2v) is 6.00. The fourth-order valence-corrected chi connectivity index (χ4v) is 3.42. The first-order chi connectivity index (χ1) is 8.21. The summed E-state index contributed by atoms with van der Waals surface area (Å²) in [4.78, 5) is 16.8. The molecule has 1 unspecified atom stereocenters. The number of carbonyl (C=O) groups excluding carboxylic acids is 1. The second-order valence-electron chi connectivity index (χ2n) is 6.00. The van der Waals surface area contributed by atoms with E-state index in [1.165, 1.54) is 12.8 Å². The van der Waals surface area contributed by atoms with Gasteiger partial charge >= 0.3 is 0 Å². The van der Waals surface area contributed by atoms with E-state index in [4.69, 9.17) is 0 Å². The number of rotatable bonds is 1. The lowest BCUT2D eigenvalue weighted by atomic mass is 9.91. The Morgan fingerprint density at radius 1 is 1.18 bits per heavy atom. The number of nitrogens with one attached hydrogen (secondary N) is 1. The van der Waals surface area contributed by atoms with Crippen LogP contribution in [0.25, 0.3) is 0 Å². The molecule has 17 heavy (non-hydrogen) atoms. The van der Waals surface area contributed by atoms with E-state index in [-0.39, 0.29) is 0 Å². The van der Waals surface area contributed by atoms with Crippen LogP contribution in [-0.2, 0) is 4.79 Å². The van der Waals surface area contributed by atoms with Crippen molar-refractivity contribution in [1.82, 2.24) is 15.1 Å². The number of piperazine rings is 1. The van der Waals surface area contributed by atoms with Crippen molar-refractivity contribution in [2.24, 2.45) is 11.3 Å². The number of carbonyl (C=O) groups is 1. The van der Waals surface area contributed by atoms with E-state index in [2.05, 4.69) is 22.2 Å². The van der Waals surface area contributed by atoms with Crippen LogP contribution in [0.15, 0.2) is 0 Å². The largest absolute Gasteiger partial charge is 0.340 e. The number of amides is 1. The van der Waals surface area contributed by atoms with Crippen molar-refractivity contribution in [3.63, 3.8) is 0 Å². The quantitative estimate of drug-likeness (QED) is 0.705. The summed E-state index contributed by atoms with van der Waals surface area (Å²) in [5, 5.41) is 3.39. The molecule has 4 heteroatoms. The summed E-state index contributed by atoms with van der Waals surface area (Å²) < 4.78 is 0. The first-order valence-corrected chi connectivity index (χ1v) is 6.89. The summed E-state index contributed by atoms with van der Waals surface area (Å²) in [7, 11) is 2.13. The van der Waals surface area contributed by atoms with Crippen molar-refractivity contribution in [2.75, 3.05) is 46.3 Å². The summed E-state index contributed by atoms with van der Waals surface area (Å²) in [6.07, 6.45) is 3.56. The molecule has 0 aromatic heterocycles. The minimum atomic E-state index is 0.355. The Bertz CT molecular complexity index is 304. The molecule has 3 rings (SSSR count). The van der Waals surface area contributed by atoms with Crippen LogP contribution in [-0.4, -0.2) is 62.0 Å². The lowest BCUT2D eigenvalue weighted by Gasteiger charge is -2.33. The van der Waals surface area contributed by atoms with Gasteiger partial charge in [0.2, 0.25) is 5.91 Å². The van der Waals surface area contributed by atoms with Gasteiger partial charge in [-0.25, -0.2) is 0 Å². The van der Waals surface area contributed by atoms with Gasteiger partial charge < -0.3 is 15.1 Å². The Hall–Kier alpha value is -0.610. The Morgan fingerprint density at radius 3 is 2.47 bits per heavy atom. The molecular formula is C13H23N3O. The van der Waals surface area contributed by atoms with E-state index >= 15 is 0 Å². The normalized spacial score (nSPS) is 32.8. The van der Waals surface area contributed by atoms with E-state index in [1.54, 1.807) is 0 Å². The van der Waals surface area contributed by atoms with E-state index in [9.17, 15) is 4.79 Å². The van der Waals surface area contributed by atoms with Crippen LogP contribution in [0.5, 0.6) is 0 Å². The van der Waals surface area contributed by atoms with Gasteiger partial charge in [0.15, 0.2) is 0 Å². The predicted molar refractivity (Wildman–Crippen MR) is 66.7 cm³/mol. The molecule has 3 aliphatic rings. The molecule has 1 atom stereocenters. The molecule has 3 fully saturated rings. The SMILES string of the molecule is CN1CCN(C(=O)C2CC23CCNCC3)CC1. The lowest BCUT2D eigenvalue weighted by molar-refractivity contribution is -0.135. The molecule has 1 aliphatic carbocycles.